The van der Waals surface area contributed by atoms with Crippen LogP contribution in [0.2, 0.25) is 0 Å². The Bertz CT molecular complexity index is 410. The second-order valence-corrected chi connectivity index (χ2v) is 5.54. The standard InChI is InChI=1S/C15H22O3/c1-4-18-13(16)14-7-5-6-8-15(14,17)10-12(3)11(2)9-14/h9,17H,3-8,10H2,1-2H3/t14-,15-/m1/s1. The Morgan fingerprint density at radius 3 is 2.83 bits per heavy atom. The van der Waals surface area contributed by atoms with Crippen LogP contribution in [0.1, 0.15) is 46.0 Å². The van der Waals surface area contributed by atoms with E-state index in [9.17, 15) is 9.90 Å². The summed E-state index contributed by atoms with van der Waals surface area (Å²) in [6.45, 7) is 8.10. The van der Waals surface area contributed by atoms with E-state index in [4.69, 9.17) is 4.74 Å². The van der Waals surface area contributed by atoms with Gasteiger partial charge in [-0.2, -0.15) is 0 Å². The van der Waals surface area contributed by atoms with Crippen LogP contribution in [0.25, 0.3) is 0 Å². The van der Waals surface area contributed by atoms with Gasteiger partial charge in [0.2, 0.25) is 0 Å². The lowest BCUT2D eigenvalue weighted by atomic mass is 9.57. The van der Waals surface area contributed by atoms with E-state index in [1.807, 2.05) is 13.0 Å². The highest BCUT2D eigenvalue weighted by atomic mass is 16.5. The first-order valence-corrected chi connectivity index (χ1v) is 6.72. The van der Waals surface area contributed by atoms with Crippen molar-refractivity contribution in [2.75, 3.05) is 6.61 Å². The van der Waals surface area contributed by atoms with Gasteiger partial charge < -0.3 is 9.84 Å². The predicted molar refractivity (Wildman–Crippen MR) is 70.0 cm³/mol. The summed E-state index contributed by atoms with van der Waals surface area (Å²) in [6, 6.07) is 0. The molecule has 1 fully saturated rings. The van der Waals surface area contributed by atoms with E-state index >= 15 is 0 Å². The fourth-order valence-electron chi connectivity index (χ4n) is 3.30. The molecule has 0 heterocycles. The van der Waals surface area contributed by atoms with Crippen molar-refractivity contribution in [3.05, 3.63) is 23.8 Å². The third kappa shape index (κ3) is 1.81. The lowest BCUT2D eigenvalue weighted by Crippen LogP contribution is -2.56. The molecule has 2 aliphatic rings. The first-order chi connectivity index (χ1) is 8.45. The maximum absolute atomic E-state index is 12.4. The summed E-state index contributed by atoms with van der Waals surface area (Å²) in [5, 5.41) is 10.9. The second-order valence-electron chi connectivity index (χ2n) is 5.54. The molecule has 18 heavy (non-hydrogen) atoms. The molecule has 0 spiro atoms. The van der Waals surface area contributed by atoms with E-state index in [-0.39, 0.29) is 5.97 Å². The summed E-state index contributed by atoms with van der Waals surface area (Å²) in [5.74, 6) is -0.279. The minimum absolute atomic E-state index is 0.279. The number of hydrogen-bond donors (Lipinski definition) is 1. The van der Waals surface area contributed by atoms with Crippen molar-refractivity contribution in [1.82, 2.24) is 0 Å². The molecular weight excluding hydrogens is 228 g/mol. The number of aliphatic hydroxyl groups is 1. The van der Waals surface area contributed by atoms with Gasteiger partial charge in [0.05, 0.1) is 12.2 Å². The zero-order valence-electron chi connectivity index (χ0n) is 11.3. The van der Waals surface area contributed by atoms with Crippen LogP contribution in [0, 0.1) is 5.41 Å². The number of carbonyl (C=O) groups is 1. The monoisotopic (exact) mass is 250 g/mol. The number of carbonyl (C=O) groups excluding carboxylic acids is 1. The molecule has 0 amide bonds. The first-order valence-electron chi connectivity index (χ1n) is 6.72. The summed E-state index contributed by atoms with van der Waals surface area (Å²) in [6.07, 6.45) is 5.61. The number of allylic oxidation sites excluding steroid dienone is 1. The lowest BCUT2D eigenvalue weighted by molar-refractivity contribution is -0.175. The highest BCUT2D eigenvalue weighted by Crippen LogP contribution is 2.53. The molecule has 0 radical (unpaired) electrons. The topological polar surface area (TPSA) is 46.5 Å². The molecule has 1 saturated carbocycles. The molecule has 0 unspecified atom stereocenters. The summed E-state index contributed by atoms with van der Waals surface area (Å²) in [5.41, 5.74) is 0.0784. The van der Waals surface area contributed by atoms with E-state index < -0.39 is 11.0 Å². The van der Waals surface area contributed by atoms with Gasteiger partial charge in [0.15, 0.2) is 0 Å². The number of rotatable bonds is 2. The molecule has 2 rings (SSSR count). The summed E-state index contributed by atoms with van der Waals surface area (Å²) in [4.78, 5) is 12.4. The lowest BCUT2D eigenvalue weighted by Gasteiger charge is -2.50. The molecule has 3 heteroatoms. The largest absolute Gasteiger partial charge is 0.465 e. The normalized spacial score (nSPS) is 35.7. The fraction of sp³-hybridized carbons (Fsp3) is 0.667. The quantitative estimate of drug-likeness (QED) is 0.766. The average molecular weight is 250 g/mol. The third-order valence-corrected chi connectivity index (χ3v) is 4.41. The maximum atomic E-state index is 12.4. The van der Waals surface area contributed by atoms with Crippen molar-refractivity contribution in [2.45, 2.75) is 51.6 Å². The van der Waals surface area contributed by atoms with Gasteiger partial charge in [-0.3, -0.25) is 4.79 Å². The zero-order valence-corrected chi connectivity index (χ0v) is 11.3. The Morgan fingerprint density at radius 2 is 2.17 bits per heavy atom. The molecule has 3 nitrogen and oxygen atoms in total. The van der Waals surface area contributed by atoms with Crippen LogP contribution < -0.4 is 0 Å². The van der Waals surface area contributed by atoms with Gasteiger partial charge in [-0.1, -0.05) is 31.1 Å². The average Bonchev–Trinajstić information content (AvgIpc) is 2.31. The molecule has 2 aliphatic carbocycles. The second kappa shape index (κ2) is 4.54. The summed E-state index contributed by atoms with van der Waals surface area (Å²) >= 11 is 0. The Kier molecular flexibility index (Phi) is 3.37. The minimum atomic E-state index is -1.01. The predicted octanol–water partition coefficient (Wildman–Crippen LogP) is 2.75. The van der Waals surface area contributed by atoms with Crippen molar-refractivity contribution < 1.29 is 14.6 Å². The highest BCUT2D eigenvalue weighted by molar-refractivity contribution is 5.82. The van der Waals surface area contributed by atoms with Crippen molar-refractivity contribution in [3.8, 4) is 0 Å². The summed E-state index contributed by atoms with van der Waals surface area (Å²) < 4.78 is 5.22. The van der Waals surface area contributed by atoms with Crippen molar-refractivity contribution in [1.29, 1.82) is 0 Å². The first kappa shape index (κ1) is 13.3. The van der Waals surface area contributed by atoms with Crippen LogP contribution in [0.4, 0.5) is 0 Å². The maximum Gasteiger partial charge on any atom is 0.318 e. The molecule has 2 atom stereocenters. The van der Waals surface area contributed by atoms with Crippen LogP contribution in [-0.4, -0.2) is 23.3 Å². The van der Waals surface area contributed by atoms with Gasteiger partial charge in [0.25, 0.3) is 0 Å². The number of ether oxygens (including phenoxy) is 1. The van der Waals surface area contributed by atoms with Gasteiger partial charge >= 0.3 is 5.97 Å². The SMILES string of the molecule is C=C1C[C@]2(O)CCCC[C@]2(C(=O)OCC)C=C1C. The van der Waals surface area contributed by atoms with Gasteiger partial charge in [-0.25, -0.2) is 0 Å². The smallest absolute Gasteiger partial charge is 0.318 e. The van der Waals surface area contributed by atoms with Crippen LogP contribution in [0.5, 0.6) is 0 Å². The van der Waals surface area contributed by atoms with E-state index in [0.29, 0.717) is 25.9 Å². The van der Waals surface area contributed by atoms with Crippen LogP contribution in [-0.2, 0) is 9.53 Å². The molecule has 0 aromatic rings. The number of hydrogen-bond acceptors (Lipinski definition) is 3. The van der Waals surface area contributed by atoms with Gasteiger partial charge in [-0.15, -0.1) is 0 Å². The van der Waals surface area contributed by atoms with Gasteiger partial charge in [-0.05, 0) is 32.3 Å². The van der Waals surface area contributed by atoms with E-state index in [1.165, 1.54) is 0 Å². The Labute approximate surface area is 109 Å². The molecular formula is C15H22O3. The van der Waals surface area contributed by atoms with Gasteiger partial charge in [0, 0.05) is 6.42 Å². The molecule has 0 bridgehead atoms. The third-order valence-electron chi connectivity index (χ3n) is 4.41. The van der Waals surface area contributed by atoms with E-state index in [1.54, 1.807) is 6.92 Å². The van der Waals surface area contributed by atoms with Crippen LogP contribution in [0.3, 0.4) is 0 Å². The number of fused-ring (bicyclic) bond motifs is 1. The molecule has 0 aromatic heterocycles. The van der Waals surface area contributed by atoms with Crippen LogP contribution in [0.15, 0.2) is 23.8 Å². The van der Waals surface area contributed by atoms with E-state index in [0.717, 1.165) is 24.0 Å². The van der Waals surface area contributed by atoms with Crippen molar-refractivity contribution in [3.63, 3.8) is 0 Å². The zero-order chi connectivity index (χ0) is 13.4. The molecule has 100 valence electrons. The van der Waals surface area contributed by atoms with E-state index in [2.05, 4.69) is 6.58 Å². The summed E-state index contributed by atoms with van der Waals surface area (Å²) in [7, 11) is 0. The minimum Gasteiger partial charge on any atom is -0.465 e. The Balaban J connectivity index is 2.48. The number of esters is 1. The Morgan fingerprint density at radius 1 is 1.50 bits per heavy atom. The van der Waals surface area contributed by atoms with Crippen molar-refractivity contribution in [2.24, 2.45) is 5.41 Å². The molecule has 1 N–H and O–H groups in total. The van der Waals surface area contributed by atoms with Gasteiger partial charge in [0.1, 0.15) is 5.41 Å². The fourth-order valence-corrected chi connectivity index (χ4v) is 3.30. The molecule has 0 saturated heterocycles. The molecule has 0 aliphatic heterocycles. The highest BCUT2D eigenvalue weighted by Gasteiger charge is 2.58. The van der Waals surface area contributed by atoms with Crippen molar-refractivity contribution >= 4 is 5.97 Å². The molecule has 0 aromatic carbocycles. The Hall–Kier alpha value is -1.09. The van der Waals surface area contributed by atoms with Crippen LogP contribution >= 0.6 is 0 Å².